The number of benzene rings is 3. The molecule has 0 saturated heterocycles. The molecule has 0 aliphatic rings. The SMILES string of the molecule is Cn1c(CNc2ccc(C(=N)N)cc2F)nc2cc(C(=O)N(CCC(=O)O)c3ccc(F)cc3F)ccc21. The van der Waals surface area contributed by atoms with E-state index in [1.807, 2.05) is 0 Å². The number of aromatic nitrogens is 2. The second-order valence-corrected chi connectivity index (χ2v) is 8.45. The number of hydrogen-bond donors (Lipinski definition) is 4. The Bertz CT molecular complexity index is 1570. The number of halogens is 3. The number of amides is 1. The van der Waals surface area contributed by atoms with Gasteiger partial charge in [0.2, 0.25) is 0 Å². The Balaban J connectivity index is 1.61. The molecule has 38 heavy (non-hydrogen) atoms. The summed E-state index contributed by atoms with van der Waals surface area (Å²) >= 11 is 0. The maximum Gasteiger partial charge on any atom is 0.305 e. The number of amidine groups is 1. The van der Waals surface area contributed by atoms with Gasteiger partial charge in [-0.3, -0.25) is 15.0 Å². The van der Waals surface area contributed by atoms with Crippen molar-refractivity contribution in [2.75, 3.05) is 16.8 Å². The number of rotatable bonds is 9. The molecule has 0 unspecified atom stereocenters. The summed E-state index contributed by atoms with van der Waals surface area (Å²) in [6.45, 7) is -0.198. The number of fused-ring (bicyclic) bond motifs is 1. The molecular formula is C26H23F3N6O3. The summed E-state index contributed by atoms with van der Waals surface area (Å²) in [6.07, 6.45) is -0.450. The van der Waals surface area contributed by atoms with Crippen LogP contribution in [0.3, 0.4) is 0 Å². The van der Waals surface area contributed by atoms with Gasteiger partial charge in [-0.2, -0.15) is 0 Å². The van der Waals surface area contributed by atoms with Gasteiger partial charge in [0.05, 0.1) is 35.4 Å². The highest BCUT2D eigenvalue weighted by Crippen LogP contribution is 2.25. The molecular weight excluding hydrogens is 501 g/mol. The zero-order chi connectivity index (χ0) is 27.6. The molecule has 196 valence electrons. The minimum Gasteiger partial charge on any atom is -0.481 e. The number of nitrogens with zero attached hydrogens (tertiary/aromatic N) is 3. The van der Waals surface area contributed by atoms with Gasteiger partial charge < -0.3 is 25.6 Å². The fourth-order valence-electron chi connectivity index (χ4n) is 3.94. The monoisotopic (exact) mass is 524 g/mol. The van der Waals surface area contributed by atoms with E-state index in [2.05, 4.69) is 10.3 Å². The molecule has 9 nitrogen and oxygen atoms in total. The molecule has 1 heterocycles. The second kappa shape index (κ2) is 10.6. The van der Waals surface area contributed by atoms with Gasteiger partial charge in [0.25, 0.3) is 5.91 Å². The highest BCUT2D eigenvalue weighted by atomic mass is 19.1. The van der Waals surface area contributed by atoms with Gasteiger partial charge in [-0.15, -0.1) is 0 Å². The first-order chi connectivity index (χ1) is 18.0. The van der Waals surface area contributed by atoms with Crippen molar-refractivity contribution < 1.29 is 27.9 Å². The van der Waals surface area contributed by atoms with Crippen molar-refractivity contribution in [2.24, 2.45) is 12.8 Å². The molecule has 0 saturated carbocycles. The summed E-state index contributed by atoms with van der Waals surface area (Å²) in [6, 6.07) is 11.4. The van der Waals surface area contributed by atoms with Crippen LogP contribution in [-0.2, 0) is 18.4 Å². The van der Waals surface area contributed by atoms with Gasteiger partial charge in [0.1, 0.15) is 29.1 Å². The predicted octanol–water partition coefficient (Wildman–Crippen LogP) is 4.01. The standard InChI is InChI=1S/C26H23F3N6O3/c1-34-22-6-3-15(26(38)35(9-8-24(36)37)21-7-4-16(27)12-18(21)29)11-20(22)33-23(34)13-32-19-5-2-14(25(30)31)10-17(19)28/h2-7,10-12,32H,8-9,13H2,1H3,(H3,30,31)(H,36,37). The van der Waals surface area contributed by atoms with Crippen LogP contribution in [0.4, 0.5) is 24.5 Å². The molecule has 0 radical (unpaired) electrons. The summed E-state index contributed by atoms with van der Waals surface area (Å²) < 4.78 is 44.0. The Morgan fingerprint density at radius 1 is 1.05 bits per heavy atom. The molecule has 1 aromatic heterocycles. The number of aryl methyl sites for hydroxylation is 1. The van der Waals surface area contributed by atoms with Crippen LogP contribution in [0.15, 0.2) is 54.6 Å². The molecule has 5 N–H and O–H groups in total. The Morgan fingerprint density at radius 3 is 2.45 bits per heavy atom. The van der Waals surface area contributed by atoms with Crippen LogP contribution in [0, 0.1) is 22.9 Å². The molecule has 3 aromatic carbocycles. The van der Waals surface area contributed by atoms with Crippen LogP contribution in [0.1, 0.15) is 28.2 Å². The lowest BCUT2D eigenvalue weighted by molar-refractivity contribution is -0.136. The van der Waals surface area contributed by atoms with Gasteiger partial charge >= 0.3 is 5.97 Å². The minimum atomic E-state index is -1.19. The normalized spacial score (nSPS) is 10.9. The first-order valence-electron chi connectivity index (χ1n) is 11.4. The summed E-state index contributed by atoms with van der Waals surface area (Å²) in [5.41, 5.74) is 6.79. The molecule has 0 aliphatic carbocycles. The van der Waals surface area contributed by atoms with E-state index in [-0.39, 0.29) is 41.4 Å². The fourth-order valence-corrected chi connectivity index (χ4v) is 3.94. The molecule has 12 heteroatoms. The van der Waals surface area contributed by atoms with Crippen molar-refractivity contribution in [3.63, 3.8) is 0 Å². The van der Waals surface area contributed by atoms with E-state index >= 15 is 0 Å². The lowest BCUT2D eigenvalue weighted by Crippen LogP contribution is -2.33. The van der Waals surface area contributed by atoms with E-state index < -0.39 is 35.7 Å². The number of hydrogen-bond acceptors (Lipinski definition) is 5. The lowest BCUT2D eigenvalue weighted by Gasteiger charge is -2.23. The number of imidazole rings is 1. The van der Waals surface area contributed by atoms with Crippen LogP contribution < -0.4 is 16.0 Å². The van der Waals surface area contributed by atoms with Crippen LogP contribution in [0.2, 0.25) is 0 Å². The number of carbonyl (C=O) groups is 2. The maximum absolute atomic E-state index is 14.5. The van der Waals surface area contributed by atoms with Crippen molar-refractivity contribution in [1.29, 1.82) is 5.41 Å². The summed E-state index contributed by atoms with van der Waals surface area (Å²) in [5.74, 6) is -4.01. The topological polar surface area (TPSA) is 137 Å². The molecule has 4 rings (SSSR count). The zero-order valence-electron chi connectivity index (χ0n) is 20.1. The minimum absolute atomic E-state index is 0.120. The maximum atomic E-state index is 14.5. The average molecular weight is 525 g/mol. The highest BCUT2D eigenvalue weighted by molar-refractivity contribution is 6.08. The second-order valence-electron chi connectivity index (χ2n) is 8.45. The zero-order valence-corrected chi connectivity index (χ0v) is 20.1. The van der Waals surface area contributed by atoms with Crippen molar-refractivity contribution in [3.8, 4) is 0 Å². The van der Waals surface area contributed by atoms with E-state index in [9.17, 15) is 22.8 Å². The molecule has 4 aromatic rings. The number of carboxylic acids is 1. The average Bonchev–Trinajstić information content (AvgIpc) is 3.18. The first kappa shape index (κ1) is 26.2. The van der Waals surface area contributed by atoms with Crippen molar-refractivity contribution in [1.82, 2.24) is 9.55 Å². The number of nitrogen functional groups attached to an aromatic ring is 1. The molecule has 0 fully saturated rings. The quantitative estimate of drug-likeness (QED) is 0.193. The fraction of sp³-hybridized carbons (Fsp3) is 0.154. The van der Waals surface area contributed by atoms with E-state index in [0.717, 1.165) is 23.1 Å². The van der Waals surface area contributed by atoms with Crippen molar-refractivity contribution in [2.45, 2.75) is 13.0 Å². The number of aliphatic carboxylic acids is 1. The van der Waals surface area contributed by atoms with Crippen LogP contribution in [-0.4, -0.2) is 38.9 Å². The molecule has 0 spiro atoms. The lowest BCUT2D eigenvalue weighted by atomic mass is 10.1. The smallest absolute Gasteiger partial charge is 0.305 e. The highest BCUT2D eigenvalue weighted by Gasteiger charge is 2.23. The van der Waals surface area contributed by atoms with E-state index in [0.29, 0.717) is 22.9 Å². The summed E-state index contributed by atoms with van der Waals surface area (Å²) in [7, 11) is 1.75. The number of nitrogens with one attached hydrogen (secondary N) is 2. The summed E-state index contributed by atoms with van der Waals surface area (Å²) in [4.78, 5) is 29.9. The van der Waals surface area contributed by atoms with Gasteiger partial charge in [-0.1, -0.05) is 0 Å². The Kier molecular flexibility index (Phi) is 7.33. The third-order valence-electron chi connectivity index (χ3n) is 5.93. The first-order valence-corrected chi connectivity index (χ1v) is 11.4. The van der Waals surface area contributed by atoms with Crippen LogP contribution in [0.25, 0.3) is 11.0 Å². The van der Waals surface area contributed by atoms with Crippen LogP contribution >= 0.6 is 0 Å². The van der Waals surface area contributed by atoms with Gasteiger partial charge in [0.15, 0.2) is 0 Å². The van der Waals surface area contributed by atoms with Gasteiger partial charge in [-0.25, -0.2) is 18.2 Å². The predicted molar refractivity (Wildman–Crippen MR) is 136 cm³/mol. The van der Waals surface area contributed by atoms with E-state index in [1.165, 1.54) is 24.3 Å². The van der Waals surface area contributed by atoms with Gasteiger partial charge in [0, 0.05) is 30.8 Å². The Labute approximate surface area is 214 Å². The number of nitrogens with two attached hydrogens (primary N) is 1. The molecule has 0 bridgehead atoms. The Morgan fingerprint density at radius 2 is 1.79 bits per heavy atom. The molecule has 0 aliphatic heterocycles. The van der Waals surface area contributed by atoms with Crippen molar-refractivity contribution in [3.05, 3.63) is 89.0 Å². The summed E-state index contributed by atoms with van der Waals surface area (Å²) in [5, 5.41) is 19.4. The van der Waals surface area contributed by atoms with E-state index in [1.54, 1.807) is 17.7 Å². The van der Waals surface area contributed by atoms with E-state index in [4.69, 9.17) is 16.2 Å². The van der Waals surface area contributed by atoms with Crippen molar-refractivity contribution >= 4 is 40.1 Å². The third kappa shape index (κ3) is 5.43. The van der Waals surface area contributed by atoms with Gasteiger partial charge in [-0.05, 0) is 48.5 Å². The van der Waals surface area contributed by atoms with Crippen LogP contribution in [0.5, 0.6) is 0 Å². The number of carbonyl (C=O) groups excluding carboxylic acids is 1. The number of anilines is 2. The largest absolute Gasteiger partial charge is 0.481 e. The molecule has 0 atom stereocenters. The third-order valence-corrected chi connectivity index (χ3v) is 5.93. The molecule has 1 amide bonds. The number of carboxylic acid groups (broad SMARTS) is 1. The Hall–Kier alpha value is -4.87.